The number of pyridine rings is 1. The van der Waals surface area contributed by atoms with Gasteiger partial charge in [0.25, 0.3) is 0 Å². The summed E-state index contributed by atoms with van der Waals surface area (Å²) in [6, 6.07) is 7.01. The molecule has 1 unspecified atom stereocenters. The van der Waals surface area contributed by atoms with Gasteiger partial charge in [-0.2, -0.15) is 5.10 Å². The number of hydrogen-bond acceptors (Lipinski definition) is 4. The Morgan fingerprint density at radius 1 is 1.31 bits per heavy atom. The van der Waals surface area contributed by atoms with Gasteiger partial charge in [-0.25, -0.2) is 4.98 Å². The number of rotatable bonds is 3. The maximum absolute atomic E-state index is 10.0. The maximum atomic E-state index is 10.0. The van der Waals surface area contributed by atoms with E-state index in [1.165, 1.54) is 0 Å². The second-order valence-electron chi connectivity index (χ2n) is 3.42. The zero-order valence-corrected chi connectivity index (χ0v) is 9.16. The molecular weight excluding hydrogens is 206 g/mol. The van der Waals surface area contributed by atoms with Crippen molar-refractivity contribution in [2.45, 2.75) is 6.10 Å². The first-order valence-corrected chi connectivity index (χ1v) is 4.89. The van der Waals surface area contributed by atoms with Crippen LogP contribution in [0.4, 0.5) is 0 Å². The van der Waals surface area contributed by atoms with E-state index in [0.717, 1.165) is 0 Å². The molecule has 2 aromatic heterocycles. The average molecular weight is 219 g/mol. The van der Waals surface area contributed by atoms with Crippen LogP contribution in [0.2, 0.25) is 0 Å². The molecule has 1 N–H and O–H groups in total. The van der Waals surface area contributed by atoms with Crippen LogP contribution in [0, 0.1) is 0 Å². The van der Waals surface area contributed by atoms with Crippen LogP contribution in [0.1, 0.15) is 17.5 Å². The number of aliphatic hydroxyl groups excluding tert-OH is 1. The van der Waals surface area contributed by atoms with Gasteiger partial charge in [-0.3, -0.25) is 4.68 Å². The molecule has 0 fully saturated rings. The molecule has 0 aliphatic rings. The highest BCUT2D eigenvalue weighted by Gasteiger charge is 2.14. The van der Waals surface area contributed by atoms with Crippen LogP contribution in [0.15, 0.2) is 30.5 Å². The predicted molar refractivity (Wildman–Crippen MR) is 58.1 cm³/mol. The van der Waals surface area contributed by atoms with E-state index >= 15 is 0 Å². The number of aliphatic hydroxyl groups is 1. The summed E-state index contributed by atoms with van der Waals surface area (Å²) in [7, 11) is 3.34. The first-order valence-electron chi connectivity index (χ1n) is 4.89. The van der Waals surface area contributed by atoms with E-state index in [4.69, 9.17) is 4.74 Å². The van der Waals surface area contributed by atoms with Gasteiger partial charge in [-0.15, -0.1) is 0 Å². The lowest BCUT2D eigenvalue weighted by Crippen LogP contribution is -2.04. The van der Waals surface area contributed by atoms with Crippen LogP contribution in [-0.2, 0) is 7.05 Å². The largest absolute Gasteiger partial charge is 0.481 e. The first-order chi connectivity index (χ1) is 7.70. The molecular formula is C11H13N3O2. The van der Waals surface area contributed by atoms with E-state index in [2.05, 4.69) is 10.1 Å². The molecule has 84 valence electrons. The maximum Gasteiger partial charge on any atom is 0.213 e. The van der Waals surface area contributed by atoms with E-state index in [0.29, 0.717) is 17.3 Å². The van der Waals surface area contributed by atoms with E-state index in [1.54, 1.807) is 49.3 Å². The van der Waals surface area contributed by atoms with E-state index in [9.17, 15) is 5.11 Å². The number of nitrogens with zero attached hydrogens (tertiary/aromatic N) is 3. The van der Waals surface area contributed by atoms with Crippen LogP contribution in [0.5, 0.6) is 5.88 Å². The summed E-state index contributed by atoms with van der Waals surface area (Å²) in [6.07, 6.45) is 0.954. The molecule has 0 saturated heterocycles. The molecule has 0 amide bonds. The molecule has 2 heterocycles. The van der Waals surface area contributed by atoms with Crippen molar-refractivity contribution in [3.8, 4) is 5.88 Å². The van der Waals surface area contributed by atoms with Crippen LogP contribution in [0.25, 0.3) is 0 Å². The van der Waals surface area contributed by atoms with Crippen molar-refractivity contribution < 1.29 is 9.84 Å². The van der Waals surface area contributed by atoms with Gasteiger partial charge < -0.3 is 9.84 Å². The Hall–Kier alpha value is -1.88. The fourth-order valence-electron chi connectivity index (χ4n) is 1.43. The van der Waals surface area contributed by atoms with Crippen molar-refractivity contribution in [3.63, 3.8) is 0 Å². The van der Waals surface area contributed by atoms with Crippen molar-refractivity contribution in [2.75, 3.05) is 7.11 Å². The summed E-state index contributed by atoms with van der Waals surface area (Å²) in [5.41, 5.74) is 1.10. The lowest BCUT2D eigenvalue weighted by molar-refractivity contribution is 0.208. The number of hydrogen-bond donors (Lipinski definition) is 1. The minimum Gasteiger partial charge on any atom is -0.481 e. The molecule has 0 radical (unpaired) electrons. The number of aryl methyl sites for hydroxylation is 1. The van der Waals surface area contributed by atoms with Gasteiger partial charge in [0.1, 0.15) is 6.10 Å². The van der Waals surface area contributed by atoms with E-state index in [-0.39, 0.29) is 0 Å². The van der Waals surface area contributed by atoms with Crippen LogP contribution in [-0.4, -0.2) is 27.0 Å². The van der Waals surface area contributed by atoms with E-state index in [1.807, 2.05) is 0 Å². The van der Waals surface area contributed by atoms with Gasteiger partial charge in [0.2, 0.25) is 5.88 Å². The van der Waals surface area contributed by atoms with Gasteiger partial charge in [-0.1, -0.05) is 6.07 Å². The summed E-state index contributed by atoms with van der Waals surface area (Å²) in [5.74, 6) is 0.479. The monoisotopic (exact) mass is 219 g/mol. The molecule has 16 heavy (non-hydrogen) atoms. The summed E-state index contributed by atoms with van der Waals surface area (Å²) in [5, 5.41) is 14.2. The third-order valence-electron chi connectivity index (χ3n) is 2.25. The van der Waals surface area contributed by atoms with Gasteiger partial charge in [0, 0.05) is 19.3 Å². The van der Waals surface area contributed by atoms with Crippen LogP contribution >= 0.6 is 0 Å². The molecule has 1 atom stereocenters. The first kappa shape index (κ1) is 10.6. The van der Waals surface area contributed by atoms with Crippen LogP contribution < -0.4 is 4.74 Å². The molecule has 0 bridgehead atoms. The Morgan fingerprint density at radius 3 is 2.75 bits per heavy atom. The Bertz CT molecular complexity index is 482. The predicted octanol–water partition coefficient (Wildman–Crippen LogP) is 0.905. The summed E-state index contributed by atoms with van der Waals surface area (Å²) in [6.45, 7) is 0. The molecule has 5 nitrogen and oxygen atoms in total. The van der Waals surface area contributed by atoms with Crippen molar-refractivity contribution >= 4 is 0 Å². The normalized spacial score (nSPS) is 12.4. The summed E-state index contributed by atoms with van der Waals surface area (Å²) in [4.78, 5) is 4.16. The molecule has 2 aromatic rings. The second-order valence-corrected chi connectivity index (χ2v) is 3.42. The minimum absolute atomic E-state index is 0.479. The second kappa shape index (κ2) is 4.32. The Labute approximate surface area is 93.3 Å². The minimum atomic E-state index is -0.823. The molecule has 0 aliphatic carbocycles. The fourth-order valence-corrected chi connectivity index (χ4v) is 1.43. The van der Waals surface area contributed by atoms with Crippen molar-refractivity contribution in [1.82, 2.24) is 14.8 Å². The summed E-state index contributed by atoms with van der Waals surface area (Å²) < 4.78 is 6.64. The number of ether oxygens (including phenoxy) is 1. The van der Waals surface area contributed by atoms with Gasteiger partial charge >= 0.3 is 0 Å². The third kappa shape index (κ3) is 2.04. The number of methoxy groups -OCH3 is 1. The number of aromatic nitrogens is 3. The zero-order valence-electron chi connectivity index (χ0n) is 9.16. The third-order valence-corrected chi connectivity index (χ3v) is 2.25. The lowest BCUT2D eigenvalue weighted by atomic mass is 10.2. The SMILES string of the molecule is COc1cccc(C(O)c2ccn(C)n2)n1. The highest BCUT2D eigenvalue weighted by molar-refractivity contribution is 5.22. The average Bonchev–Trinajstić information content (AvgIpc) is 2.75. The van der Waals surface area contributed by atoms with Gasteiger partial charge in [0.15, 0.2) is 0 Å². The molecule has 0 aliphatic heterocycles. The highest BCUT2D eigenvalue weighted by Crippen LogP contribution is 2.20. The van der Waals surface area contributed by atoms with Gasteiger partial charge in [0.05, 0.1) is 18.5 Å². The molecule has 0 saturated carbocycles. The van der Waals surface area contributed by atoms with E-state index < -0.39 is 6.10 Å². The van der Waals surface area contributed by atoms with Crippen molar-refractivity contribution in [3.05, 3.63) is 41.9 Å². The fraction of sp³-hybridized carbons (Fsp3) is 0.273. The smallest absolute Gasteiger partial charge is 0.213 e. The quantitative estimate of drug-likeness (QED) is 0.833. The Morgan fingerprint density at radius 2 is 2.12 bits per heavy atom. The molecule has 2 rings (SSSR count). The van der Waals surface area contributed by atoms with Crippen molar-refractivity contribution in [2.24, 2.45) is 7.05 Å². The van der Waals surface area contributed by atoms with Crippen LogP contribution in [0.3, 0.4) is 0 Å². The molecule has 0 aromatic carbocycles. The highest BCUT2D eigenvalue weighted by atomic mass is 16.5. The standard InChI is InChI=1S/C11H13N3O2/c1-14-7-6-9(13-14)11(15)8-4-3-5-10(12-8)16-2/h3-7,11,15H,1-2H3. The lowest BCUT2D eigenvalue weighted by Gasteiger charge is -2.08. The molecule has 0 spiro atoms. The molecule has 5 heteroatoms. The Balaban J connectivity index is 2.29. The summed E-state index contributed by atoms with van der Waals surface area (Å²) >= 11 is 0. The zero-order chi connectivity index (χ0) is 11.5. The topological polar surface area (TPSA) is 60.2 Å². The van der Waals surface area contributed by atoms with Gasteiger partial charge in [-0.05, 0) is 12.1 Å². The van der Waals surface area contributed by atoms with Crippen molar-refractivity contribution in [1.29, 1.82) is 0 Å². The Kier molecular flexibility index (Phi) is 2.87.